The van der Waals surface area contributed by atoms with Gasteiger partial charge in [-0.3, -0.25) is 14.3 Å². The lowest BCUT2D eigenvalue weighted by Crippen LogP contribution is -2.51. The van der Waals surface area contributed by atoms with Crippen molar-refractivity contribution in [2.75, 3.05) is 33.4 Å². The fraction of sp³-hybridized carbons (Fsp3) is 0.375. The number of rotatable bonds is 7. The Hall–Kier alpha value is -3.40. The highest BCUT2D eigenvalue weighted by molar-refractivity contribution is 6.00. The molecular weight excluding hydrogens is 449 g/mol. The third kappa shape index (κ3) is 4.91. The number of likely N-dealkylation sites (tertiary alicyclic amines) is 1. The highest BCUT2D eigenvalue weighted by Crippen LogP contribution is 2.30. The molecule has 0 unspecified atom stereocenters. The lowest BCUT2D eigenvalue weighted by atomic mass is 9.98. The van der Waals surface area contributed by atoms with E-state index in [4.69, 9.17) is 4.74 Å². The normalized spacial score (nSPS) is 14.3. The summed E-state index contributed by atoms with van der Waals surface area (Å²) in [5, 5.41) is 8.29. The molecule has 10 heteroatoms. The molecule has 7 nitrogen and oxygen atoms in total. The van der Waals surface area contributed by atoms with Gasteiger partial charge in [0.2, 0.25) is 0 Å². The number of benzene rings is 2. The standard InChI is InChI=1S/C24H25F3N4O3/c1-15-19(22(32)28-9-10-34-2)7-8-21-20(15)14-31(29-21)13-16-11-30(12-16)23(33)17-3-5-18(6-4-17)24(25,26)27/h3-8,14,16H,9-13H2,1-2H3,(H,28,32). The molecule has 34 heavy (non-hydrogen) atoms. The average molecular weight is 474 g/mol. The number of carbonyl (C=O) groups is 2. The maximum absolute atomic E-state index is 12.7. The van der Waals surface area contributed by atoms with Crippen LogP contribution in [0.3, 0.4) is 0 Å². The number of aryl methyl sites for hydroxylation is 1. The Bertz CT molecular complexity index is 1200. The maximum Gasteiger partial charge on any atom is 0.416 e. The van der Waals surface area contributed by atoms with Crippen LogP contribution in [0.25, 0.3) is 10.9 Å². The molecule has 0 saturated carbocycles. The second kappa shape index (κ2) is 9.46. The van der Waals surface area contributed by atoms with Crippen molar-refractivity contribution in [1.82, 2.24) is 20.0 Å². The molecule has 0 aliphatic carbocycles. The zero-order chi connectivity index (χ0) is 24.5. The Morgan fingerprint density at radius 2 is 1.85 bits per heavy atom. The van der Waals surface area contributed by atoms with E-state index in [-0.39, 0.29) is 23.3 Å². The first-order valence-electron chi connectivity index (χ1n) is 10.9. The van der Waals surface area contributed by atoms with Crippen molar-refractivity contribution < 1.29 is 27.5 Å². The van der Waals surface area contributed by atoms with E-state index in [1.54, 1.807) is 18.1 Å². The Morgan fingerprint density at radius 1 is 1.15 bits per heavy atom. The monoisotopic (exact) mass is 474 g/mol. The summed E-state index contributed by atoms with van der Waals surface area (Å²) in [5.41, 5.74) is 1.67. The van der Waals surface area contributed by atoms with E-state index in [0.717, 1.165) is 28.6 Å². The van der Waals surface area contributed by atoms with Crippen LogP contribution in [0.1, 0.15) is 31.8 Å². The summed E-state index contributed by atoms with van der Waals surface area (Å²) in [6.07, 6.45) is -2.53. The molecule has 2 heterocycles. The summed E-state index contributed by atoms with van der Waals surface area (Å²) < 4.78 is 44.9. The van der Waals surface area contributed by atoms with Crippen LogP contribution in [-0.2, 0) is 17.5 Å². The van der Waals surface area contributed by atoms with Gasteiger partial charge in [0.25, 0.3) is 11.8 Å². The SMILES string of the molecule is COCCNC(=O)c1ccc2nn(CC3CN(C(=O)c4ccc(C(F)(F)F)cc4)C3)cc2c1C. The van der Waals surface area contributed by atoms with Gasteiger partial charge in [0.15, 0.2) is 0 Å². The first-order chi connectivity index (χ1) is 16.2. The number of halogens is 3. The average Bonchev–Trinajstić information content (AvgIpc) is 3.19. The molecule has 1 fully saturated rings. The highest BCUT2D eigenvalue weighted by atomic mass is 19.4. The number of hydrogen-bond donors (Lipinski definition) is 1. The molecule has 1 aliphatic rings. The molecule has 4 rings (SSSR count). The van der Waals surface area contributed by atoms with Gasteiger partial charge in [0.1, 0.15) is 0 Å². The summed E-state index contributed by atoms with van der Waals surface area (Å²) in [6, 6.07) is 7.84. The molecular formula is C24H25F3N4O3. The number of methoxy groups -OCH3 is 1. The topological polar surface area (TPSA) is 76.5 Å². The molecule has 0 atom stereocenters. The van der Waals surface area contributed by atoms with Crippen LogP contribution in [0.15, 0.2) is 42.6 Å². The third-order valence-corrected chi connectivity index (χ3v) is 5.99. The van der Waals surface area contributed by atoms with E-state index in [2.05, 4.69) is 10.4 Å². The van der Waals surface area contributed by atoms with Gasteiger partial charge in [0.05, 0.1) is 17.7 Å². The summed E-state index contributed by atoms with van der Waals surface area (Å²) in [6.45, 7) is 4.35. The smallest absolute Gasteiger partial charge is 0.383 e. The number of ether oxygens (including phenoxy) is 1. The lowest BCUT2D eigenvalue weighted by Gasteiger charge is -2.39. The van der Waals surface area contributed by atoms with E-state index in [1.165, 1.54) is 12.1 Å². The molecule has 1 aliphatic heterocycles. The summed E-state index contributed by atoms with van der Waals surface area (Å²) in [4.78, 5) is 26.6. The number of alkyl halides is 3. The molecule has 2 amide bonds. The first-order valence-corrected chi connectivity index (χ1v) is 10.9. The van der Waals surface area contributed by atoms with Crippen molar-refractivity contribution in [1.29, 1.82) is 0 Å². The molecule has 0 spiro atoms. The van der Waals surface area contributed by atoms with Crippen LogP contribution in [-0.4, -0.2) is 59.8 Å². The second-order valence-corrected chi connectivity index (χ2v) is 8.42. The number of hydrogen-bond acceptors (Lipinski definition) is 4. The quantitative estimate of drug-likeness (QED) is 0.532. The Labute approximate surface area is 194 Å². The molecule has 3 aromatic rings. The zero-order valence-electron chi connectivity index (χ0n) is 18.9. The molecule has 1 N–H and O–H groups in total. The fourth-order valence-corrected chi connectivity index (χ4v) is 4.08. The molecule has 180 valence electrons. The van der Waals surface area contributed by atoms with Crippen molar-refractivity contribution >= 4 is 22.7 Å². The van der Waals surface area contributed by atoms with Gasteiger partial charge in [-0.15, -0.1) is 0 Å². The Kier molecular flexibility index (Phi) is 6.60. The van der Waals surface area contributed by atoms with E-state index < -0.39 is 11.7 Å². The Balaban J connectivity index is 1.36. The van der Waals surface area contributed by atoms with Crippen LogP contribution in [0.5, 0.6) is 0 Å². The van der Waals surface area contributed by atoms with Gasteiger partial charge >= 0.3 is 6.18 Å². The molecule has 1 saturated heterocycles. The van der Waals surface area contributed by atoms with Gasteiger partial charge in [-0.1, -0.05) is 0 Å². The van der Waals surface area contributed by atoms with E-state index in [0.29, 0.717) is 38.3 Å². The van der Waals surface area contributed by atoms with Gasteiger partial charge in [-0.25, -0.2) is 0 Å². The highest BCUT2D eigenvalue weighted by Gasteiger charge is 2.33. The van der Waals surface area contributed by atoms with Crippen molar-refractivity contribution in [3.63, 3.8) is 0 Å². The number of aromatic nitrogens is 2. The maximum atomic E-state index is 12.7. The van der Waals surface area contributed by atoms with Gasteiger partial charge in [-0.05, 0) is 48.9 Å². The van der Waals surface area contributed by atoms with E-state index in [9.17, 15) is 22.8 Å². The van der Waals surface area contributed by atoms with Crippen molar-refractivity contribution in [3.05, 3.63) is 64.8 Å². The van der Waals surface area contributed by atoms with Gasteiger partial charge < -0.3 is 15.0 Å². The summed E-state index contributed by atoms with van der Waals surface area (Å²) in [5.74, 6) is -0.263. The number of nitrogens with one attached hydrogen (secondary N) is 1. The van der Waals surface area contributed by atoms with Crippen LogP contribution in [0, 0.1) is 12.8 Å². The van der Waals surface area contributed by atoms with Crippen LogP contribution >= 0.6 is 0 Å². The predicted octanol–water partition coefficient (Wildman–Crippen LogP) is 3.51. The molecule has 0 radical (unpaired) electrons. The fourth-order valence-electron chi connectivity index (χ4n) is 4.08. The van der Waals surface area contributed by atoms with Gasteiger partial charge in [0, 0.05) is 61.9 Å². The minimum atomic E-state index is -4.43. The minimum Gasteiger partial charge on any atom is -0.383 e. The molecule has 1 aromatic heterocycles. The van der Waals surface area contributed by atoms with E-state index >= 15 is 0 Å². The minimum absolute atomic E-state index is 0.166. The van der Waals surface area contributed by atoms with Crippen LogP contribution in [0.2, 0.25) is 0 Å². The van der Waals surface area contributed by atoms with Crippen molar-refractivity contribution in [2.24, 2.45) is 5.92 Å². The largest absolute Gasteiger partial charge is 0.416 e. The number of amides is 2. The lowest BCUT2D eigenvalue weighted by molar-refractivity contribution is -0.137. The first kappa shape index (κ1) is 23.7. The zero-order valence-corrected chi connectivity index (χ0v) is 18.9. The van der Waals surface area contributed by atoms with Crippen molar-refractivity contribution in [2.45, 2.75) is 19.6 Å². The third-order valence-electron chi connectivity index (χ3n) is 5.99. The van der Waals surface area contributed by atoms with Gasteiger partial charge in [-0.2, -0.15) is 18.3 Å². The molecule has 2 aromatic carbocycles. The number of fused-ring (bicyclic) bond motifs is 1. The number of carbonyl (C=O) groups excluding carboxylic acids is 2. The van der Waals surface area contributed by atoms with Crippen molar-refractivity contribution in [3.8, 4) is 0 Å². The van der Waals surface area contributed by atoms with E-state index in [1.807, 2.05) is 23.9 Å². The summed E-state index contributed by atoms with van der Waals surface area (Å²) in [7, 11) is 1.57. The van der Waals surface area contributed by atoms with Crippen LogP contribution in [0.4, 0.5) is 13.2 Å². The number of nitrogens with zero attached hydrogens (tertiary/aromatic N) is 3. The Morgan fingerprint density at radius 3 is 2.50 bits per heavy atom. The molecule has 0 bridgehead atoms. The summed E-state index contributed by atoms with van der Waals surface area (Å²) >= 11 is 0. The van der Waals surface area contributed by atoms with Crippen LogP contribution < -0.4 is 5.32 Å². The second-order valence-electron chi connectivity index (χ2n) is 8.42. The predicted molar refractivity (Wildman–Crippen MR) is 120 cm³/mol.